The summed E-state index contributed by atoms with van der Waals surface area (Å²) in [7, 11) is 0. The second-order valence-corrected chi connectivity index (χ2v) is 3.44. The molecule has 0 aromatic carbocycles. The van der Waals surface area contributed by atoms with E-state index in [0.717, 1.165) is 6.42 Å². The predicted octanol–water partition coefficient (Wildman–Crippen LogP) is 4.29. The molecule has 15 heavy (non-hydrogen) atoms. The first-order valence-corrected chi connectivity index (χ1v) is 5.22. The van der Waals surface area contributed by atoms with Crippen molar-refractivity contribution in [1.29, 1.82) is 0 Å². The molecule has 0 radical (unpaired) electrons. The second-order valence-electron chi connectivity index (χ2n) is 3.44. The molecule has 0 heterocycles. The highest BCUT2D eigenvalue weighted by atomic mass is 14.0. The maximum absolute atomic E-state index is 2.12. The van der Waals surface area contributed by atoms with E-state index in [1.165, 1.54) is 11.1 Å². The Bertz CT molecular complexity index is 400. The van der Waals surface area contributed by atoms with E-state index in [9.17, 15) is 0 Å². The molecule has 0 aromatic heterocycles. The van der Waals surface area contributed by atoms with E-state index < -0.39 is 0 Å². The molecule has 0 aromatic rings. The van der Waals surface area contributed by atoms with Crippen molar-refractivity contribution in [2.45, 2.75) is 6.42 Å². The fraction of sp³-hybridized carbons (Fsp3) is 0.0667. The summed E-state index contributed by atoms with van der Waals surface area (Å²) < 4.78 is 0. The standard InChI is InChI=1S/C10H8.C5H6/c1-2-5-9-7-4-8-10(9)6-3-1;1-2-4-5-3-1/h1-8H;1-4H,5H2. The lowest BCUT2D eigenvalue weighted by Gasteiger charge is -1.85. The van der Waals surface area contributed by atoms with Crippen molar-refractivity contribution < 1.29 is 0 Å². The zero-order chi connectivity index (χ0) is 10.3. The Balaban J connectivity index is 0.000000144. The minimum absolute atomic E-state index is 1.14. The largest absolute Gasteiger partial charge is 0.0808 e. The number of fused-ring (bicyclic) bond motifs is 1. The Morgan fingerprint density at radius 2 is 1.13 bits per heavy atom. The van der Waals surface area contributed by atoms with Crippen LogP contribution in [-0.2, 0) is 0 Å². The highest BCUT2D eigenvalue weighted by molar-refractivity contribution is 5.65. The van der Waals surface area contributed by atoms with Crippen LogP contribution < -0.4 is 0 Å². The topological polar surface area (TPSA) is 0 Å². The van der Waals surface area contributed by atoms with Crippen LogP contribution in [0.2, 0.25) is 0 Å². The van der Waals surface area contributed by atoms with E-state index >= 15 is 0 Å². The molecule has 3 aliphatic carbocycles. The monoisotopic (exact) mass is 194 g/mol. The number of rotatable bonds is 0. The zero-order valence-corrected chi connectivity index (χ0v) is 8.64. The van der Waals surface area contributed by atoms with Crippen molar-refractivity contribution in [2.24, 2.45) is 0 Å². The molecule has 0 bridgehead atoms. The maximum Gasteiger partial charge on any atom is -0.0163 e. The van der Waals surface area contributed by atoms with Crippen LogP contribution in [-0.4, -0.2) is 0 Å². The van der Waals surface area contributed by atoms with Crippen molar-refractivity contribution >= 4 is 0 Å². The van der Waals surface area contributed by atoms with Gasteiger partial charge in [0.25, 0.3) is 0 Å². The molecule has 0 unspecified atom stereocenters. The highest BCUT2D eigenvalue weighted by Gasteiger charge is 1.94. The second kappa shape index (κ2) is 5.16. The summed E-state index contributed by atoms with van der Waals surface area (Å²) in [5.41, 5.74) is 2.62. The normalized spacial score (nSPS) is 12.5. The minimum Gasteiger partial charge on any atom is -0.0808 e. The lowest BCUT2D eigenvalue weighted by Crippen LogP contribution is -1.59. The molecule has 0 nitrogen and oxygen atoms in total. The van der Waals surface area contributed by atoms with Crippen LogP contribution >= 0.6 is 0 Å². The van der Waals surface area contributed by atoms with E-state index in [0.29, 0.717) is 0 Å². The quantitative estimate of drug-likeness (QED) is 0.586. The van der Waals surface area contributed by atoms with Crippen LogP contribution in [0, 0.1) is 0 Å². The Hall–Kier alpha value is -1.82. The third kappa shape index (κ3) is 2.81. The van der Waals surface area contributed by atoms with Gasteiger partial charge in [0.1, 0.15) is 0 Å². The zero-order valence-electron chi connectivity index (χ0n) is 8.64. The summed E-state index contributed by atoms with van der Waals surface area (Å²) in [6.45, 7) is 0. The molecule has 3 aliphatic rings. The Labute approximate surface area is 90.9 Å². The van der Waals surface area contributed by atoms with Crippen LogP contribution in [0.1, 0.15) is 6.42 Å². The Morgan fingerprint density at radius 3 is 1.60 bits per heavy atom. The van der Waals surface area contributed by atoms with Crippen molar-refractivity contribution in [1.82, 2.24) is 0 Å². The molecule has 0 saturated carbocycles. The summed E-state index contributed by atoms with van der Waals surface area (Å²) in [6, 6.07) is 16.7. The van der Waals surface area contributed by atoms with Crippen molar-refractivity contribution in [2.75, 3.05) is 0 Å². The smallest absolute Gasteiger partial charge is 0.0163 e. The molecule has 0 heteroatoms. The average Bonchev–Trinajstić information content (AvgIpc) is 2.90. The summed E-state index contributed by atoms with van der Waals surface area (Å²) in [5.74, 6) is 0. The molecule has 0 saturated heterocycles. The van der Waals surface area contributed by atoms with E-state index in [1.807, 2.05) is 6.07 Å². The van der Waals surface area contributed by atoms with Gasteiger partial charge in [0, 0.05) is 0 Å². The van der Waals surface area contributed by atoms with Gasteiger partial charge in [-0.2, -0.15) is 0 Å². The first-order chi connectivity index (χ1) is 7.47. The molecule has 0 fully saturated rings. The van der Waals surface area contributed by atoms with Crippen LogP contribution in [0.15, 0.2) is 72.8 Å². The molecule has 0 N–H and O–H groups in total. The summed E-state index contributed by atoms with van der Waals surface area (Å²) in [6.07, 6.45) is 9.50. The fourth-order valence-electron chi connectivity index (χ4n) is 1.53. The van der Waals surface area contributed by atoms with Crippen LogP contribution in [0.3, 0.4) is 0 Å². The van der Waals surface area contributed by atoms with E-state index in [-0.39, 0.29) is 0 Å². The molecular weight excluding hydrogens is 180 g/mol. The summed E-state index contributed by atoms with van der Waals surface area (Å²) >= 11 is 0. The molecule has 3 rings (SSSR count). The van der Waals surface area contributed by atoms with E-state index in [2.05, 4.69) is 66.8 Å². The lowest BCUT2D eigenvalue weighted by atomic mass is 10.2. The molecule has 74 valence electrons. The molecule has 0 amide bonds. The van der Waals surface area contributed by atoms with Gasteiger partial charge in [-0.25, -0.2) is 0 Å². The first-order valence-electron chi connectivity index (χ1n) is 5.22. The minimum atomic E-state index is 1.14. The average molecular weight is 194 g/mol. The molecule has 0 spiro atoms. The van der Waals surface area contributed by atoms with Crippen molar-refractivity contribution in [3.8, 4) is 11.1 Å². The van der Waals surface area contributed by atoms with Gasteiger partial charge in [0.05, 0.1) is 0 Å². The van der Waals surface area contributed by atoms with Gasteiger partial charge in [-0.05, 0) is 17.5 Å². The van der Waals surface area contributed by atoms with Crippen LogP contribution in [0.5, 0.6) is 0 Å². The van der Waals surface area contributed by atoms with E-state index in [4.69, 9.17) is 0 Å². The molecular formula is C15H14. The maximum atomic E-state index is 2.12. The van der Waals surface area contributed by atoms with Gasteiger partial charge in [-0.15, -0.1) is 0 Å². The van der Waals surface area contributed by atoms with Gasteiger partial charge < -0.3 is 0 Å². The SMILES string of the molecule is C1=CCC=C1.c1ccc2cccc-2cc1. The van der Waals surface area contributed by atoms with Gasteiger partial charge in [-0.3, -0.25) is 0 Å². The third-order valence-electron chi connectivity index (χ3n) is 2.31. The van der Waals surface area contributed by atoms with Crippen LogP contribution in [0.25, 0.3) is 11.1 Å². The number of allylic oxidation sites excluding steroid dienone is 4. The lowest BCUT2D eigenvalue weighted by molar-refractivity contribution is 1.45. The Morgan fingerprint density at radius 1 is 0.600 bits per heavy atom. The van der Waals surface area contributed by atoms with Gasteiger partial charge in [-0.1, -0.05) is 72.8 Å². The highest BCUT2D eigenvalue weighted by Crippen LogP contribution is 2.19. The van der Waals surface area contributed by atoms with Gasteiger partial charge in [0.2, 0.25) is 0 Å². The van der Waals surface area contributed by atoms with Gasteiger partial charge >= 0.3 is 0 Å². The predicted molar refractivity (Wildman–Crippen MR) is 66.0 cm³/mol. The van der Waals surface area contributed by atoms with Crippen molar-refractivity contribution in [3.05, 3.63) is 72.8 Å². The Kier molecular flexibility index (Phi) is 3.34. The van der Waals surface area contributed by atoms with Gasteiger partial charge in [0.15, 0.2) is 0 Å². The fourth-order valence-corrected chi connectivity index (χ4v) is 1.53. The van der Waals surface area contributed by atoms with Crippen molar-refractivity contribution in [3.63, 3.8) is 0 Å². The molecule has 0 atom stereocenters. The summed E-state index contributed by atoms with van der Waals surface area (Å²) in [4.78, 5) is 0. The first kappa shape index (κ1) is 9.72. The number of hydrogen-bond donors (Lipinski definition) is 0. The molecule has 0 aliphatic heterocycles. The summed E-state index contributed by atoms with van der Waals surface area (Å²) in [5, 5.41) is 0. The third-order valence-corrected chi connectivity index (χ3v) is 2.31. The van der Waals surface area contributed by atoms with Crippen LogP contribution in [0.4, 0.5) is 0 Å². The number of hydrogen-bond acceptors (Lipinski definition) is 0. The van der Waals surface area contributed by atoms with E-state index in [1.54, 1.807) is 0 Å².